The number of sulfonamides is 1. The van der Waals surface area contributed by atoms with E-state index < -0.39 is 27.9 Å². The quantitative estimate of drug-likeness (QED) is 0.659. The van der Waals surface area contributed by atoms with E-state index in [1.807, 2.05) is 0 Å². The van der Waals surface area contributed by atoms with Crippen molar-refractivity contribution in [2.45, 2.75) is 19.9 Å². The summed E-state index contributed by atoms with van der Waals surface area (Å²) in [5.74, 6) is -0.491. The standard InChI is InChI=1S/C20H24N2O6S/c1-5-28-20(24)15-7-6-8-16(13-15)21-19(23)14(2)22(29(4,25)26)17-9-11-18(27-3)12-10-17/h6-14H,5H2,1-4H3,(H,21,23)/t14-/m0/s1. The Kier molecular flexibility index (Phi) is 7.22. The molecule has 2 rings (SSSR count). The summed E-state index contributed by atoms with van der Waals surface area (Å²) in [4.78, 5) is 24.6. The Morgan fingerprint density at radius 1 is 1.14 bits per heavy atom. The van der Waals surface area contributed by atoms with Crippen molar-refractivity contribution >= 4 is 33.3 Å². The van der Waals surface area contributed by atoms with Gasteiger partial charge in [-0.2, -0.15) is 0 Å². The van der Waals surface area contributed by atoms with Gasteiger partial charge >= 0.3 is 5.97 Å². The number of nitrogens with one attached hydrogen (secondary N) is 1. The van der Waals surface area contributed by atoms with E-state index >= 15 is 0 Å². The normalized spacial score (nSPS) is 12.0. The van der Waals surface area contributed by atoms with Crippen molar-refractivity contribution in [2.24, 2.45) is 0 Å². The van der Waals surface area contributed by atoms with Gasteiger partial charge in [-0.1, -0.05) is 6.07 Å². The lowest BCUT2D eigenvalue weighted by Crippen LogP contribution is -2.45. The molecule has 0 fully saturated rings. The third-order valence-corrected chi connectivity index (χ3v) is 5.30. The van der Waals surface area contributed by atoms with Gasteiger partial charge in [-0.15, -0.1) is 0 Å². The number of anilines is 2. The number of nitrogens with zero attached hydrogens (tertiary/aromatic N) is 1. The molecule has 2 aromatic rings. The van der Waals surface area contributed by atoms with Crippen LogP contribution in [0, 0.1) is 0 Å². The highest BCUT2D eigenvalue weighted by Crippen LogP contribution is 2.24. The molecule has 0 saturated heterocycles. The number of esters is 1. The molecule has 0 radical (unpaired) electrons. The molecule has 156 valence electrons. The SMILES string of the molecule is CCOC(=O)c1cccc(NC(=O)[C@H](C)N(c2ccc(OC)cc2)S(C)(=O)=O)c1. The van der Waals surface area contributed by atoms with E-state index in [-0.39, 0.29) is 12.2 Å². The molecule has 0 aliphatic carbocycles. The van der Waals surface area contributed by atoms with Gasteiger partial charge in [-0.05, 0) is 56.3 Å². The van der Waals surface area contributed by atoms with E-state index in [0.29, 0.717) is 17.1 Å². The van der Waals surface area contributed by atoms with Crippen LogP contribution in [0.1, 0.15) is 24.2 Å². The van der Waals surface area contributed by atoms with Crippen LogP contribution < -0.4 is 14.4 Å². The molecule has 0 unspecified atom stereocenters. The van der Waals surface area contributed by atoms with E-state index in [0.717, 1.165) is 10.6 Å². The molecular formula is C20H24N2O6S. The molecule has 0 spiro atoms. The number of benzene rings is 2. The van der Waals surface area contributed by atoms with E-state index in [4.69, 9.17) is 9.47 Å². The van der Waals surface area contributed by atoms with Gasteiger partial charge in [0.15, 0.2) is 0 Å². The molecular weight excluding hydrogens is 396 g/mol. The second-order valence-corrected chi connectivity index (χ2v) is 8.08. The van der Waals surface area contributed by atoms with E-state index in [2.05, 4.69) is 5.32 Å². The van der Waals surface area contributed by atoms with Crippen LogP contribution in [0.2, 0.25) is 0 Å². The van der Waals surface area contributed by atoms with Crippen LogP contribution in [-0.4, -0.2) is 46.3 Å². The second kappa shape index (κ2) is 9.42. The van der Waals surface area contributed by atoms with Gasteiger partial charge in [0.2, 0.25) is 15.9 Å². The van der Waals surface area contributed by atoms with Gasteiger partial charge in [0, 0.05) is 5.69 Å². The Bertz CT molecular complexity index is 973. The summed E-state index contributed by atoms with van der Waals surface area (Å²) in [5, 5.41) is 2.65. The van der Waals surface area contributed by atoms with Gasteiger partial charge in [-0.3, -0.25) is 9.10 Å². The van der Waals surface area contributed by atoms with Crippen LogP contribution in [0.5, 0.6) is 5.75 Å². The fourth-order valence-electron chi connectivity index (χ4n) is 2.72. The number of hydrogen-bond acceptors (Lipinski definition) is 6. The number of carbonyl (C=O) groups excluding carboxylic acids is 2. The molecule has 8 nitrogen and oxygen atoms in total. The maximum Gasteiger partial charge on any atom is 0.338 e. The lowest BCUT2D eigenvalue weighted by Gasteiger charge is -2.28. The molecule has 29 heavy (non-hydrogen) atoms. The largest absolute Gasteiger partial charge is 0.497 e. The number of ether oxygens (including phenoxy) is 2. The van der Waals surface area contributed by atoms with E-state index in [1.165, 1.54) is 20.1 Å². The maximum atomic E-state index is 12.7. The number of methoxy groups -OCH3 is 1. The average molecular weight is 420 g/mol. The minimum absolute atomic E-state index is 0.234. The monoisotopic (exact) mass is 420 g/mol. The topological polar surface area (TPSA) is 102 Å². The summed E-state index contributed by atoms with van der Waals surface area (Å²) in [6.45, 7) is 3.41. The summed E-state index contributed by atoms with van der Waals surface area (Å²) in [6.07, 6.45) is 1.03. The predicted octanol–water partition coefficient (Wildman–Crippen LogP) is 2.67. The maximum absolute atomic E-state index is 12.7. The smallest absolute Gasteiger partial charge is 0.338 e. The van der Waals surface area contributed by atoms with Gasteiger partial charge in [0.05, 0.1) is 31.2 Å². The molecule has 1 amide bonds. The zero-order valence-electron chi connectivity index (χ0n) is 16.7. The van der Waals surface area contributed by atoms with Crippen molar-refractivity contribution in [1.82, 2.24) is 0 Å². The first-order valence-electron chi connectivity index (χ1n) is 8.89. The zero-order chi connectivity index (χ0) is 21.6. The molecule has 1 atom stereocenters. The Balaban J connectivity index is 2.25. The van der Waals surface area contributed by atoms with Crippen molar-refractivity contribution < 1.29 is 27.5 Å². The Morgan fingerprint density at radius 2 is 1.79 bits per heavy atom. The highest BCUT2D eigenvalue weighted by Gasteiger charge is 2.29. The Morgan fingerprint density at radius 3 is 2.34 bits per heavy atom. The van der Waals surface area contributed by atoms with Crippen LogP contribution in [-0.2, 0) is 19.6 Å². The third kappa shape index (κ3) is 5.71. The zero-order valence-corrected chi connectivity index (χ0v) is 17.5. The highest BCUT2D eigenvalue weighted by atomic mass is 32.2. The molecule has 0 saturated carbocycles. The molecule has 9 heteroatoms. The minimum atomic E-state index is -3.75. The predicted molar refractivity (Wildman–Crippen MR) is 111 cm³/mol. The second-order valence-electron chi connectivity index (χ2n) is 6.22. The van der Waals surface area contributed by atoms with Crippen molar-refractivity contribution in [3.63, 3.8) is 0 Å². The lowest BCUT2D eigenvalue weighted by atomic mass is 10.2. The lowest BCUT2D eigenvalue weighted by molar-refractivity contribution is -0.116. The van der Waals surface area contributed by atoms with Gasteiger partial charge in [0.1, 0.15) is 11.8 Å². The van der Waals surface area contributed by atoms with Crippen molar-refractivity contribution in [1.29, 1.82) is 0 Å². The van der Waals surface area contributed by atoms with Crippen LogP contribution in [0.4, 0.5) is 11.4 Å². The third-order valence-electron chi connectivity index (χ3n) is 4.06. The van der Waals surface area contributed by atoms with Crippen LogP contribution in [0.25, 0.3) is 0 Å². The van der Waals surface area contributed by atoms with Gasteiger partial charge < -0.3 is 14.8 Å². The van der Waals surface area contributed by atoms with Crippen molar-refractivity contribution in [3.05, 3.63) is 54.1 Å². The summed E-state index contributed by atoms with van der Waals surface area (Å²) in [6, 6.07) is 11.6. The van der Waals surface area contributed by atoms with Crippen LogP contribution in [0.3, 0.4) is 0 Å². The van der Waals surface area contributed by atoms with Crippen LogP contribution >= 0.6 is 0 Å². The summed E-state index contributed by atoms with van der Waals surface area (Å²) in [7, 11) is -2.24. The van der Waals surface area contributed by atoms with Crippen LogP contribution in [0.15, 0.2) is 48.5 Å². The Hall–Kier alpha value is -3.07. The molecule has 0 aromatic heterocycles. The molecule has 0 aliphatic heterocycles. The van der Waals surface area contributed by atoms with Crippen molar-refractivity contribution in [2.75, 3.05) is 29.6 Å². The minimum Gasteiger partial charge on any atom is -0.497 e. The highest BCUT2D eigenvalue weighted by molar-refractivity contribution is 7.92. The van der Waals surface area contributed by atoms with Gasteiger partial charge in [0.25, 0.3) is 0 Å². The fourth-order valence-corrected chi connectivity index (χ4v) is 3.90. The van der Waals surface area contributed by atoms with E-state index in [1.54, 1.807) is 49.4 Å². The summed E-state index contributed by atoms with van der Waals surface area (Å²) >= 11 is 0. The van der Waals surface area contributed by atoms with Crippen molar-refractivity contribution in [3.8, 4) is 5.75 Å². The summed E-state index contributed by atoms with van der Waals surface area (Å²) in [5.41, 5.74) is 0.972. The fraction of sp³-hybridized carbons (Fsp3) is 0.300. The molecule has 2 aromatic carbocycles. The molecule has 0 bridgehead atoms. The van der Waals surface area contributed by atoms with E-state index in [9.17, 15) is 18.0 Å². The first-order valence-corrected chi connectivity index (χ1v) is 10.7. The first-order chi connectivity index (χ1) is 13.7. The molecule has 1 N–H and O–H groups in total. The van der Waals surface area contributed by atoms with Gasteiger partial charge in [-0.25, -0.2) is 13.2 Å². The number of amides is 1. The average Bonchev–Trinajstić information content (AvgIpc) is 2.68. The number of carbonyl (C=O) groups is 2. The summed E-state index contributed by atoms with van der Waals surface area (Å²) < 4.78 is 35.8. The molecule has 0 aliphatic rings. The molecule has 0 heterocycles. The first kappa shape index (κ1) is 22.2. The Labute approximate surface area is 170 Å². The number of rotatable bonds is 8. The number of hydrogen-bond donors (Lipinski definition) is 1.